The van der Waals surface area contributed by atoms with Gasteiger partial charge in [-0.25, -0.2) is 9.79 Å². The van der Waals surface area contributed by atoms with Gasteiger partial charge >= 0.3 is 5.97 Å². The van der Waals surface area contributed by atoms with E-state index in [1.807, 2.05) is 0 Å². The van der Waals surface area contributed by atoms with Gasteiger partial charge in [0.25, 0.3) is 0 Å². The minimum Gasteiger partial charge on any atom is -0.464 e. The number of allylic oxidation sites excluding steroid dienone is 1. The zero-order chi connectivity index (χ0) is 12.7. The first-order valence-electron chi connectivity index (χ1n) is 4.25. The lowest BCUT2D eigenvalue weighted by atomic mass is 10.1. The molecule has 0 aliphatic heterocycles. The van der Waals surface area contributed by atoms with E-state index in [4.69, 9.17) is 11.5 Å². The lowest BCUT2D eigenvalue weighted by Gasteiger charge is -2.07. The smallest absolute Gasteiger partial charge is 0.357 e. The van der Waals surface area contributed by atoms with Gasteiger partial charge in [-0.15, -0.1) is 11.8 Å². The second-order valence-electron chi connectivity index (χ2n) is 2.62. The van der Waals surface area contributed by atoms with Gasteiger partial charge in [0.15, 0.2) is 5.71 Å². The molecule has 0 unspecified atom stereocenters. The van der Waals surface area contributed by atoms with Crippen LogP contribution in [0.1, 0.15) is 0 Å². The van der Waals surface area contributed by atoms with Crippen molar-refractivity contribution in [2.75, 3.05) is 13.4 Å². The molecule has 0 rings (SSSR count). The van der Waals surface area contributed by atoms with Crippen LogP contribution >= 0.6 is 11.8 Å². The molecule has 0 aromatic carbocycles. The maximum Gasteiger partial charge on any atom is 0.357 e. The Kier molecular flexibility index (Phi) is 6.02. The summed E-state index contributed by atoms with van der Waals surface area (Å²) in [5.41, 5.74) is 11.1. The van der Waals surface area contributed by atoms with Crippen molar-refractivity contribution in [3.63, 3.8) is 0 Å². The molecule has 6 heteroatoms. The fraction of sp³-hybridized carbons (Fsp3) is 0.200. The molecule has 0 fully saturated rings. The molecule has 4 N–H and O–H groups in total. The largest absolute Gasteiger partial charge is 0.464 e. The van der Waals surface area contributed by atoms with E-state index in [1.165, 1.54) is 24.9 Å². The molecular weight excluding hydrogens is 226 g/mol. The second kappa shape index (κ2) is 6.73. The molecule has 0 aliphatic carbocycles. The van der Waals surface area contributed by atoms with Crippen LogP contribution in [0.5, 0.6) is 0 Å². The number of aliphatic imine (C=N–C) groups is 1. The molecule has 0 spiro atoms. The van der Waals surface area contributed by atoms with Gasteiger partial charge in [-0.2, -0.15) is 0 Å². The molecule has 5 nitrogen and oxygen atoms in total. The monoisotopic (exact) mass is 241 g/mol. The number of ether oxygens (including phenoxy) is 1. The summed E-state index contributed by atoms with van der Waals surface area (Å²) in [6.45, 7) is 7.14. The predicted octanol–water partition coefficient (Wildman–Crippen LogP) is 0.750. The number of hydrogen-bond acceptors (Lipinski definition) is 6. The van der Waals surface area contributed by atoms with Crippen LogP contribution in [0.15, 0.2) is 40.6 Å². The van der Waals surface area contributed by atoms with Crippen LogP contribution in [0, 0.1) is 0 Å². The fourth-order valence-corrected chi connectivity index (χ4v) is 1.02. The van der Waals surface area contributed by atoms with Crippen molar-refractivity contribution >= 4 is 23.4 Å². The summed E-state index contributed by atoms with van der Waals surface area (Å²) in [6, 6.07) is 0. The number of carbonyl (C=O) groups excluding carboxylic acids is 1. The lowest BCUT2D eigenvalue weighted by molar-refractivity contribution is -0.132. The summed E-state index contributed by atoms with van der Waals surface area (Å²) >= 11 is 1.29. The number of carbonyl (C=O) groups is 1. The molecule has 0 saturated heterocycles. The predicted molar refractivity (Wildman–Crippen MR) is 67.7 cm³/mol. The number of hydrogen-bond donors (Lipinski definition) is 2. The Morgan fingerprint density at radius 3 is 2.38 bits per heavy atom. The van der Waals surface area contributed by atoms with Crippen molar-refractivity contribution in [2.24, 2.45) is 16.5 Å². The van der Waals surface area contributed by atoms with Crippen LogP contribution in [-0.4, -0.2) is 25.0 Å². The quantitative estimate of drug-likeness (QED) is 0.421. The third-order valence-corrected chi connectivity index (χ3v) is 2.18. The van der Waals surface area contributed by atoms with Crippen molar-refractivity contribution in [2.45, 2.75) is 0 Å². The highest BCUT2D eigenvalue weighted by Crippen LogP contribution is 2.13. The Morgan fingerprint density at radius 2 is 2.06 bits per heavy atom. The molecule has 0 bridgehead atoms. The van der Waals surface area contributed by atoms with Gasteiger partial charge in [-0.05, 0) is 6.26 Å². The molecule has 88 valence electrons. The van der Waals surface area contributed by atoms with Crippen LogP contribution < -0.4 is 11.5 Å². The molecule has 0 atom stereocenters. The van der Waals surface area contributed by atoms with Gasteiger partial charge in [0.2, 0.25) is 0 Å². The van der Waals surface area contributed by atoms with E-state index >= 15 is 0 Å². The van der Waals surface area contributed by atoms with E-state index in [-0.39, 0.29) is 17.1 Å². The Bertz CT molecular complexity index is 368. The number of methoxy groups -OCH3 is 1. The van der Waals surface area contributed by atoms with Gasteiger partial charge in [0.05, 0.1) is 12.1 Å². The number of nitrogens with zero attached hydrogens (tertiary/aromatic N) is 1. The van der Waals surface area contributed by atoms with E-state index in [9.17, 15) is 4.79 Å². The highest BCUT2D eigenvalue weighted by atomic mass is 32.2. The van der Waals surface area contributed by atoms with Crippen LogP contribution in [0.4, 0.5) is 0 Å². The topological polar surface area (TPSA) is 90.7 Å². The average molecular weight is 241 g/mol. The van der Waals surface area contributed by atoms with Crippen molar-refractivity contribution in [1.82, 2.24) is 0 Å². The fourth-order valence-electron chi connectivity index (χ4n) is 0.834. The van der Waals surface area contributed by atoms with Gasteiger partial charge in [0.1, 0.15) is 5.82 Å². The Labute approximate surface area is 98.9 Å². The third-order valence-electron chi connectivity index (χ3n) is 1.62. The molecule has 0 radical (unpaired) electrons. The maximum absolute atomic E-state index is 11.5. The van der Waals surface area contributed by atoms with Crippen molar-refractivity contribution < 1.29 is 9.53 Å². The first kappa shape index (κ1) is 14.3. The number of thioether (sulfide) groups is 1. The van der Waals surface area contributed by atoms with E-state index < -0.39 is 5.97 Å². The number of rotatable bonds is 5. The average Bonchev–Trinajstić information content (AvgIpc) is 2.26. The molecular formula is C10H15N3O2S. The summed E-state index contributed by atoms with van der Waals surface area (Å²) in [7, 11) is 1.24. The third kappa shape index (κ3) is 3.82. The van der Waals surface area contributed by atoms with E-state index in [2.05, 4.69) is 22.9 Å². The highest BCUT2D eigenvalue weighted by Gasteiger charge is 2.17. The minimum atomic E-state index is -0.640. The van der Waals surface area contributed by atoms with Crippen LogP contribution in [0.3, 0.4) is 0 Å². The second-order valence-corrected chi connectivity index (χ2v) is 3.50. The van der Waals surface area contributed by atoms with E-state index in [0.29, 0.717) is 5.03 Å². The van der Waals surface area contributed by atoms with Crippen LogP contribution in [0.2, 0.25) is 0 Å². The van der Waals surface area contributed by atoms with E-state index in [0.717, 1.165) is 0 Å². The summed E-state index contributed by atoms with van der Waals surface area (Å²) in [5.74, 6) is -0.688. The Morgan fingerprint density at radius 1 is 1.50 bits per heavy atom. The van der Waals surface area contributed by atoms with Crippen LogP contribution in [-0.2, 0) is 9.53 Å². The van der Waals surface area contributed by atoms with Gasteiger partial charge in [-0.3, -0.25) is 0 Å². The van der Waals surface area contributed by atoms with Gasteiger partial charge < -0.3 is 16.2 Å². The molecule has 0 saturated carbocycles. The normalized spacial score (nSPS) is 10.5. The molecule has 0 aliphatic rings. The molecule has 0 aromatic rings. The van der Waals surface area contributed by atoms with Crippen molar-refractivity contribution in [3.8, 4) is 0 Å². The summed E-state index contributed by atoms with van der Waals surface area (Å²) in [5, 5.41) is 0.445. The standard InChI is InChI=1S/C10H15N3O2S/c1-5-7(9(11)12)8(10(14)15-3)13-6(2)16-4/h5H,1-2,11-12H2,3-4H3/b13-8+. The molecule has 16 heavy (non-hydrogen) atoms. The molecule has 0 aromatic heterocycles. The van der Waals surface area contributed by atoms with Gasteiger partial charge in [0, 0.05) is 5.57 Å². The molecule has 0 heterocycles. The minimum absolute atomic E-state index is 0.00292. The number of nitrogens with two attached hydrogens (primary N) is 2. The SMILES string of the molecule is C=CC(=C(N)N)/C(=N\C(=C)SC)C(=O)OC. The number of esters is 1. The van der Waals surface area contributed by atoms with E-state index in [1.54, 1.807) is 6.26 Å². The molecule has 0 amide bonds. The zero-order valence-electron chi connectivity index (χ0n) is 9.32. The van der Waals surface area contributed by atoms with Crippen LogP contribution in [0.25, 0.3) is 0 Å². The van der Waals surface area contributed by atoms with Crippen molar-refractivity contribution in [1.29, 1.82) is 0 Å². The summed E-state index contributed by atoms with van der Waals surface area (Å²) in [4.78, 5) is 15.5. The Balaban J connectivity index is 5.51. The zero-order valence-corrected chi connectivity index (χ0v) is 10.1. The highest BCUT2D eigenvalue weighted by molar-refractivity contribution is 8.02. The van der Waals surface area contributed by atoms with Crippen molar-refractivity contribution in [3.05, 3.63) is 35.7 Å². The maximum atomic E-state index is 11.5. The summed E-state index contributed by atoms with van der Waals surface area (Å²) < 4.78 is 4.58. The Hall–Kier alpha value is -1.69. The first-order valence-corrected chi connectivity index (χ1v) is 5.48. The lowest BCUT2D eigenvalue weighted by Crippen LogP contribution is -2.23. The summed E-state index contributed by atoms with van der Waals surface area (Å²) in [6.07, 6.45) is 3.13. The first-order chi connectivity index (χ1) is 7.47. The van der Waals surface area contributed by atoms with Gasteiger partial charge in [-0.1, -0.05) is 19.2 Å².